The van der Waals surface area contributed by atoms with E-state index in [2.05, 4.69) is 0 Å². The van der Waals surface area contributed by atoms with Gasteiger partial charge in [-0.3, -0.25) is 4.79 Å². The van der Waals surface area contributed by atoms with Crippen molar-refractivity contribution in [2.75, 3.05) is 20.3 Å². The number of amides is 1. The second-order valence-electron chi connectivity index (χ2n) is 4.37. The number of alkyl halides is 3. The number of carbonyl (C=O) groups is 1. The van der Waals surface area contributed by atoms with Gasteiger partial charge in [0, 0.05) is 5.56 Å². The Labute approximate surface area is 121 Å². The van der Waals surface area contributed by atoms with E-state index in [1.165, 1.54) is 25.3 Å². The summed E-state index contributed by atoms with van der Waals surface area (Å²) in [5.41, 5.74) is 0.0824. The van der Waals surface area contributed by atoms with E-state index in [9.17, 15) is 18.0 Å². The van der Waals surface area contributed by atoms with E-state index in [-0.39, 0.29) is 5.56 Å². The third kappa shape index (κ3) is 5.93. The Hall–Kier alpha value is -1.92. The minimum atomic E-state index is -4.44. The zero-order valence-corrected chi connectivity index (χ0v) is 11.9. The van der Waals surface area contributed by atoms with Crippen molar-refractivity contribution in [3.63, 3.8) is 0 Å². The van der Waals surface area contributed by atoms with Gasteiger partial charge in [0.15, 0.2) is 11.5 Å². The second kappa shape index (κ2) is 7.75. The lowest BCUT2D eigenvalue weighted by Crippen LogP contribution is -2.33. The molecule has 0 aromatic heterocycles. The maximum absolute atomic E-state index is 12.1. The standard InChI is InChI=1S/C14H18F3NO3/c1-3-4-7-21-11-6-5-10(8-12(11)20-2)13(19)18-9-14(15,16)17/h5-6,8H,3-4,7,9H2,1-2H3,(H,18,19). The Morgan fingerprint density at radius 1 is 1.29 bits per heavy atom. The molecular weight excluding hydrogens is 287 g/mol. The highest BCUT2D eigenvalue weighted by molar-refractivity contribution is 5.94. The number of carbonyl (C=O) groups excluding carboxylic acids is 1. The monoisotopic (exact) mass is 305 g/mol. The summed E-state index contributed by atoms with van der Waals surface area (Å²) in [5.74, 6) is -0.0465. The Balaban J connectivity index is 2.74. The average molecular weight is 305 g/mol. The number of ether oxygens (including phenoxy) is 2. The van der Waals surface area contributed by atoms with Crippen LogP contribution in [0.25, 0.3) is 0 Å². The normalized spacial score (nSPS) is 11.1. The third-order valence-corrected chi connectivity index (χ3v) is 2.63. The first-order valence-electron chi connectivity index (χ1n) is 6.53. The molecule has 0 unspecified atom stereocenters. The first kappa shape index (κ1) is 17.1. The quantitative estimate of drug-likeness (QED) is 0.787. The lowest BCUT2D eigenvalue weighted by Gasteiger charge is -2.12. The summed E-state index contributed by atoms with van der Waals surface area (Å²) in [5, 5.41) is 1.80. The van der Waals surface area contributed by atoms with Gasteiger partial charge >= 0.3 is 6.18 Å². The van der Waals surface area contributed by atoms with Crippen LogP contribution in [0.3, 0.4) is 0 Å². The summed E-state index contributed by atoms with van der Waals surface area (Å²) in [7, 11) is 1.40. The molecule has 0 radical (unpaired) electrons. The molecule has 4 nitrogen and oxygen atoms in total. The Morgan fingerprint density at radius 2 is 2.00 bits per heavy atom. The van der Waals surface area contributed by atoms with Crippen LogP contribution in [-0.2, 0) is 0 Å². The maximum atomic E-state index is 12.1. The highest BCUT2D eigenvalue weighted by atomic mass is 19.4. The molecule has 0 saturated heterocycles. The molecule has 0 bridgehead atoms. The summed E-state index contributed by atoms with van der Waals surface area (Å²) in [4.78, 5) is 11.6. The molecule has 1 rings (SSSR count). The van der Waals surface area contributed by atoms with E-state index in [1.807, 2.05) is 6.92 Å². The predicted octanol–water partition coefficient (Wildman–Crippen LogP) is 3.17. The maximum Gasteiger partial charge on any atom is 0.405 e. The molecule has 1 N–H and O–H groups in total. The lowest BCUT2D eigenvalue weighted by atomic mass is 10.2. The van der Waals surface area contributed by atoms with Gasteiger partial charge in [0.1, 0.15) is 6.54 Å². The van der Waals surface area contributed by atoms with Crippen LogP contribution in [0.4, 0.5) is 13.2 Å². The van der Waals surface area contributed by atoms with Crippen LogP contribution < -0.4 is 14.8 Å². The summed E-state index contributed by atoms with van der Waals surface area (Å²) in [6.45, 7) is 1.16. The van der Waals surface area contributed by atoms with Crippen LogP contribution in [0.1, 0.15) is 30.1 Å². The zero-order chi connectivity index (χ0) is 15.9. The fourth-order valence-corrected chi connectivity index (χ4v) is 1.54. The minimum absolute atomic E-state index is 0.0824. The van der Waals surface area contributed by atoms with E-state index < -0.39 is 18.6 Å². The number of rotatable bonds is 7. The van der Waals surface area contributed by atoms with Crippen molar-refractivity contribution < 1.29 is 27.4 Å². The Bertz CT molecular complexity index is 475. The van der Waals surface area contributed by atoms with Crippen LogP contribution in [-0.4, -0.2) is 32.3 Å². The van der Waals surface area contributed by atoms with E-state index in [0.717, 1.165) is 12.8 Å². The molecule has 0 spiro atoms. The molecule has 0 aliphatic carbocycles. The van der Waals surface area contributed by atoms with Crippen molar-refractivity contribution in [1.29, 1.82) is 0 Å². The van der Waals surface area contributed by atoms with Crippen molar-refractivity contribution >= 4 is 5.91 Å². The van der Waals surface area contributed by atoms with Crippen molar-refractivity contribution in [2.24, 2.45) is 0 Å². The molecule has 0 saturated carbocycles. The first-order chi connectivity index (χ1) is 9.87. The van der Waals surface area contributed by atoms with Gasteiger partial charge in [0.05, 0.1) is 13.7 Å². The highest BCUT2D eigenvalue weighted by Gasteiger charge is 2.28. The number of nitrogens with one attached hydrogen (secondary N) is 1. The molecule has 1 amide bonds. The fraction of sp³-hybridized carbons (Fsp3) is 0.500. The molecule has 0 aliphatic rings. The second-order valence-corrected chi connectivity index (χ2v) is 4.37. The molecular formula is C14H18F3NO3. The number of hydrogen-bond acceptors (Lipinski definition) is 3. The van der Waals surface area contributed by atoms with Crippen LogP contribution in [0.15, 0.2) is 18.2 Å². The molecule has 0 heterocycles. The largest absolute Gasteiger partial charge is 0.493 e. The predicted molar refractivity (Wildman–Crippen MR) is 71.8 cm³/mol. The van der Waals surface area contributed by atoms with Crippen LogP contribution in [0.5, 0.6) is 11.5 Å². The summed E-state index contributed by atoms with van der Waals surface area (Å²) < 4.78 is 46.7. The third-order valence-electron chi connectivity index (χ3n) is 2.63. The molecule has 1 aromatic carbocycles. The van der Waals surface area contributed by atoms with E-state index in [0.29, 0.717) is 18.1 Å². The van der Waals surface area contributed by atoms with Crippen molar-refractivity contribution in [1.82, 2.24) is 5.32 Å². The zero-order valence-electron chi connectivity index (χ0n) is 11.9. The van der Waals surface area contributed by atoms with Gasteiger partial charge in [0.25, 0.3) is 5.91 Å². The molecule has 0 aliphatic heterocycles. The average Bonchev–Trinajstić information content (AvgIpc) is 2.44. The summed E-state index contributed by atoms with van der Waals surface area (Å²) in [6, 6.07) is 4.26. The van der Waals surface area contributed by atoms with Gasteiger partial charge in [-0.15, -0.1) is 0 Å². The van der Waals surface area contributed by atoms with E-state index >= 15 is 0 Å². The minimum Gasteiger partial charge on any atom is -0.493 e. The van der Waals surface area contributed by atoms with E-state index in [4.69, 9.17) is 9.47 Å². The number of unbranched alkanes of at least 4 members (excludes halogenated alkanes) is 1. The van der Waals surface area contributed by atoms with Crippen LogP contribution in [0.2, 0.25) is 0 Å². The summed E-state index contributed by atoms with van der Waals surface area (Å²) >= 11 is 0. The van der Waals surface area contributed by atoms with Gasteiger partial charge in [-0.05, 0) is 24.6 Å². The number of benzene rings is 1. The molecule has 118 valence electrons. The molecule has 0 atom stereocenters. The molecule has 0 fully saturated rings. The topological polar surface area (TPSA) is 47.6 Å². The van der Waals surface area contributed by atoms with Gasteiger partial charge in [0.2, 0.25) is 0 Å². The number of methoxy groups -OCH3 is 1. The van der Waals surface area contributed by atoms with Crippen LogP contribution >= 0.6 is 0 Å². The van der Waals surface area contributed by atoms with E-state index in [1.54, 1.807) is 5.32 Å². The van der Waals surface area contributed by atoms with Crippen molar-refractivity contribution in [2.45, 2.75) is 25.9 Å². The SMILES string of the molecule is CCCCOc1ccc(C(=O)NCC(F)(F)F)cc1OC. The van der Waals surface area contributed by atoms with Gasteiger partial charge < -0.3 is 14.8 Å². The van der Waals surface area contributed by atoms with Gasteiger partial charge in [-0.1, -0.05) is 13.3 Å². The molecule has 1 aromatic rings. The van der Waals surface area contributed by atoms with Gasteiger partial charge in [-0.2, -0.15) is 13.2 Å². The van der Waals surface area contributed by atoms with Gasteiger partial charge in [-0.25, -0.2) is 0 Å². The first-order valence-corrected chi connectivity index (χ1v) is 6.53. The fourth-order valence-electron chi connectivity index (χ4n) is 1.54. The highest BCUT2D eigenvalue weighted by Crippen LogP contribution is 2.28. The molecule has 21 heavy (non-hydrogen) atoms. The number of hydrogen-bond donors (Lipinski definition) is 1. The Morgan fingerprint density at radius 3 is 2.57 bits per heavy atom. The van der Waals surface area contributed by atoms with Crippen molar-refractivity contribution in [3.8, 4) is 11.5 Å². The lowest BCUT2D eigenvalue weighted by molar-refractivity contribution is -0.123. The summed E-state index contributed by atoms with van der Waals surface area (Å²) in [6.07, 6.45) is -2.60. The smallest absolute Gasteiger partial charge is 0.405 e. The Kier molecular flexibility index (Phi) is 6.33. The molecule has 7 heteroatoms. The van der Waals surface area contributed by atoms with Crippen molar-refractivity contribution in [3.05, 3.63) is 23.8 Å². The number of halogens is 3. The van der Waals surface area contributed by atoms with Crippen LogP contribution in [0, 0.1) is 0 Å².